The summed E-state index contributed by atoms with van der Waals surface area (Å²) in [5.41, 5.74) is 7.63. The SMILES string of the molecule is C=C1COCC1NC(=O)C(N)Cc1cc2ccccc2o1. The first-order chi connectivity index (χ1) is 10.1. The van der Waals surface area contributed by atoms with Crippen molar-refractivity contribution in [3.63, 3.8) is 0 Å². The molecule has 2 aromatic rings. The third-order valence-electron chi connectivity index (χ3n) is 3.62. The van der Waals surface area contributed by atoms with E-state index in [-0.39, 0.29) is 11.9 Å². The summed E-state index contributed by atoms with van der Waals surface area (Å²) < 4.78 is 10.9. The average Bonchev–Trinajstić information content (AvgIpc) is 3.04. The van der Waals surface area contributed by atoms with Crippen LogP contribution in [-0.4, -0.2) is 31.2 Å². The van der Waals surface area contributed by atoms with Crippen LogP contribution in [0, 0.1) is 0 Å². The fourth-order valence-corrected chi connectivity index (χ4v) is 2.40. The Bertz CT molecular complexity index is 644. The van der Waals surface area contributed by atoms with E-state index >= 15 is 0 Å². The van der Waals surface area contributed by atoms with Gasteiger partial charge in [-0.25, -0.2) is 0 Å². The summed E-state index contributed by atoms with van der Waals surface area (Å²) in [6, 6.07) is 8.84. The molecular formula is C16H18N2O3. The molecule has 2 heterocycles. The molecule has 1 aromatic heterocycles. The van der Waals surface area contributed by atoms with Crippen LogP contribution in [0.15, 0.2) is 46.9 Å². The van der Waals surface area contributed by atoms with Gasteiger partial charge < -0.3 is 20.2 Å². The Morgan fingerprint density at radius 1 is 1.48 bits per heavy atom. The number of hydrogen-bond acceptors (Lipinski definition) is 4. The minimum atomic E-state index is -0.654. The molecule has 1 aliphatic heterocycles. The molecule has 110 valence electrons. The maximum atomic E-state index is 12.1. The van der Waals surface area contributed by atoms with Gasteiger partial charge in [-0.15, -0.1) is 0 Å². The average molecular weight is 286 g/mol. The molecule has 1 aliphatic rings. The van der Waals surface area contributed by atoms with Crippen LogP contribution >= 0.6 is 0 Å². The lowest BCUT2D eigenvalue weighted by Gasteiger charge is -2.15. The molecule has 5 heteroatoms. The van der Waals surface area contributed by atoms with Crippen molar-refractivity contribution in [2.45, 2.75) is 18.5 Å². The van der Waals surface area contributed by atoms with Crippen LogP contribution in [0.2, 0.25) is 0 Å². The second-order valence-corrected chi connectivity index (χ2v) is 5.30. The predicted octanol–water partition coefficient (Wildman–Crippen LogP) is 1.37. The highest BCUT2D eigenvalue weighted by Crippen LogP contribution is 2.19. The van der Waals surface area contributed by atoms with Gasteiger partial charge in [0.05, 0.1) is 25.3 Å². The second-order valence-electron chi connectivity index (χ2n) is 5.30. The third kappa shape index (κ3) is 2.99. The predicted molar refractivity (Wildman–Crippen MR) is 79.8 cm³/mol. The van der Waals surface area contributed by atoms with E-state index in [4.69, 9.17) is 14.9 Å². The molecule has 1 amide bonds. The molecule has 1 fully saturated rings. The van der Waals surface area contributed by atoms with Crippen LogP contribution in [0.3, 0.4) is 0 Å². The van der Waals surface area contributed by atoms with Crippen LogP contribution in [0.4, 0.5) is 0 Å². The number of benzene rings is 1. The molecule has 1 aromatic carbocycles. The summed E-state index contributed by atoms with van der Waals surface area (Å²) in [7, 11) is 0. The molecule has 2 unspecified atom stereocenters. The topological polar surface area (TPSA) is 77.5 Å². The second kappa shape index (κ2) is 5.71. The van der Waals surface area contributed by atoms with Crippen LogP contribution in [0.5, 0.6) is 0 Å². The molecule has 0 radical (unpaired) electrons. The molecule has 5 nitrogen and oxygen atoms in total. The van der Waals surface area contributed by atoms with E-state index < -0.39 is 6.04 Å². The van der Waals surface area contributed by atoms with E-state index in [1.165, 1.54) is 0 Å². The Balaban J connectivity index is 1.63. The van der Waals surface area contributed by atoms with E-state index in [2.05, 4.69) is 11.9 Å². The Hall–Kier alpha value is -2.11. The lowest BCUT2D eigenvalue weighted by atomic mass is 10.1. The van der Waals surface area contributed by atoms with Crippen LogP contribution in [0.25, 0.3) is 11.0 Å². The van der Waals surface area contributed by atoms with Crippen LogP contribution in [-0.2, 0) is 16.0 Å². The van der Waals surface area contributed by atoms with Crippen molar-refractivity contribution >= 4 is 16.9 Å². The molecule has 0 aliphatic carbocycles. The Labute approximate surface area is 122 Å². The summed E-state index contributed by atoms with van der Waals surface area (Å²) in [5.74, 6) is 0.493. The fraction of sp³-hybridized carbons (Fsp3) is 0.312. The van der Waals surface area contributed by atoms with Crippen molar-refractivity contribution in [2.75, 3.05) is 13.2 Å². The number of nitrogens with two attached hydrogens (primary N) is 1. The van der Waals surface area contributed by atoms with Crippen molar-refractivity contribution in [3.05, 3.63) is 48.2 Å². The molecule has 1 saturated heterocycles. The van der Waals surface area contributed by atoms with E-state index in [0.717, 1.165) is 16.5 Å². The summed E-state index contributed by atoms with van der Waals surface area (Å²) in [6.45, 7) is 4.81. The zero-order valence-electron chi connectivity index (χ0n) is 11.7. The molecule has 3 rings (SSSR count). The first-order valence-electron chi connectivity index (χ1n) is 6.92. The quantitative estimate of drug-likeness (QED) is 0.832. The number of hydrogen-bond donors (Lipinski definition) is 2. The normalized spacial score (nSPS) is 19.9. The molecule has 0 bridgehead atoms. The van der Waals surface area contributed by atoms with Gasteiger partial charge in [0.15, 0.2) is 0 Å². The number of furan rings is 1. The first kappa shape index (κ1) is 13.9. The maximum absolute atomic E-state index is 12.1. The van der Waals surface area contributed by atoms with Crippen molar-refractivity contribution in [3.8, 4) is 0 Å². The molecule has 21 heavy (non-hydrogen) atoms. The highest BCUT2D eigenvalue weighted by atomic mass is 16.5. The van der Waals surface area contributed by atoms with Crippen LogP contribution < -0.4 is 11.1 Å². The van der Waals surface area contributed by atoms with E-state index in [1.807, 2.05) is 30.3 Å². The Kier molecular flexibility index (Phi) is 3.77. The number of ether oxygens (including phenoxy) is 1. The van der Waals surface area contributed by atoms with Gasteiger partial charge in [-0.1, -0.05) is 24.8 Å². The van der Waals surface area contributed by atoms with Gasteiger partial charge in [0, 0.05) is 11.8 Å². The standard InChI is InChI=1S/C16H18N2O3/c1-10-8-20-9-14(10)18-16(19)13(17)7-12-6-11-4-2-3-5-15(11)21-12/h2-6,13-14H,1,7-9,17H2,(H,18,19). The van der Waals surface area contributed by atoms with Crippen molar-refractivity contribution in [1.29, 1.82) is 0 Å². The summed E-state index contributed by atoms with van der Waals surface area (Å²) in [5, 5.41) is 3.86. The maximum Gasteiger partial charge on any atom is 0.237 e. The smallest absolute Gasteiger partial charge is 0.237 e. The largest absolute Gasteiger partial charge is 0.461 e. The number of nitrogens with one attached hydrogen (secondary N) is 1. The molecular weight excluding hydrogens is 268 g/mol. The van der Waals surface area contributed by atoms with E-state index in [0.29, 0.717) is 25.4 Å². The van der Waals surface area contributed by atoms with Gasteiger partial charge in [-0.2, -0.15) is 0 Å². The highest BCUT2D eigenvalue weighted by Gasteiger charge is 2.25. The van der Waals surface area contributed by atoms with E-state index in [1.54, 1.807) is 0 Å². The van der Waals surface area contributed by atoms with Gasteiger partial charge in [0.25, 0.3) is 0 Å². The van der Waals surface area contributed by atoms with Crippen molar-refractivity contribution in [1.82, 2.24) is 5.32 Å². The number of amides is 1. The van der Waals surface area contributed by atoms with Gasteiger partial charge in [0.2, 0.25) is 5.91 Å². The monoisotopic (exact) mass is 286 g/mol. The Morgan fingerprint density at radius 3 is 3.00 bits per heavy atom. The summed E-state index contributed by atoms with van der Waals surface area (Å²) in [4.78, 5) is 12.1. The van der Waals surface area contributed by atoms with Crippen molar-refractivity contribution in [2.24, 2.45) is 5.73 Å². The first-order valence-corrected chi connectivity index (χ1v) is 6.92. The number of fused-ring (bicyclic) bond motifs is 1. The zero-order valence-corrected chi connectivity index (χ0v) is 11.7. The van der Waals surface area contributed by atoms with Crippen molar-refractivity contribution < 1.29 is 13.9 Å². The molecule has 3 N–H and O–H groups in total. The number of para-hydroxylation sites is 1. The molecule has 0 spiro atoms. The number of carbonyl (C=O) groups excluding carboxylic acids is 1. The third-order valence-corrected chi connectivity index (χ3v) is 3.62. The lowest BCUT2D eigenvalue weighted by molar-refractivity contribution is -0.122. The lowest BCUT2D eigenvalue weighted by Crippen LogP contribution is -2.47. The van der Waals surface area contributed by atoms with Gasteiger partial charge in [-0.05, 0) is 17.7 Å². The van der Waals surface area contributed by atoms with Gasteiger partial charge in [0.1, 0.15) is 11.3 Å². The summed E-state index contributed by atoms with van der Waals surface area (Å²) in [6.07, 6.45) is 0.362. The van der Waals surface area contributed by atoms with Crippen LogP contribution in [0.1, 0.15) is 5.76 Å². The Morgan fingerprint density at radius 2 is 2.29 bits per heavy atom. The zero-order chi connectivity index (χ0) is 14.8. The minimum absolute atomic E-state index is 0.140. The van der Waals surface area contributed by atoms with Gasteiger partial charge >= 0.3 is 0 Å². The highest BCUT2D eigenvalue weighted by molar-refractivity contribution is 5.83. The summed E-state index contributed by atoms with van der Waals surface area (Å²) >= 11 is 0. The fourth-order valence-electron chi connectivity index (χ4n) is 2.40. The van der Waals surface area contributed by atoms with E-state index in [9.17, 15) is 4.79 Å². The number of rotatable bonds is 4. The molecule has 0 saturated carbocycles. The van der Waals surface area contributed by atoms with Gasteiger partial charge in [-0.3, -0.25) is 4.79 Å². The minimum Gasteiger partial charge on any atom is -0.461 e. The molecule has 2 atom stereocenters. The number of carbonyl (C=O) groups is 1.